The van der Waals surface area contributed by atoms with Crippen LogP contribution in [0, 0.1) is 0 Å². The summed E-state index contributed by atoms with van der Waals surface area (Å²) in [6, 6.07) is 3.48. The highest BCUT2D eigenvalue weighted by Gasteiger charge is 2.23. The van der Waals surface area contributed by atoms with Crippen molar-refractivity contribution in [3.05, 3.63) is 79.1 Å². The van der Waals surface area contributed by atoms with E-state index in [0.29, 0.717) is 23.2 Å². The lowest BCUT2D eigenvalue weighted by Gasteiger charge is -2.25. The first-order valence-electron chi connectivity index (χ1n) is 8.95. The number of rotatable bonds is 6. The number of hydrogen-bond acceptors (Lipinski definition) is 7. The summed E-state index contributed by atoms with van der Waals surface area (Å²) in [5, 5.41) is 3.45. The van der Waals surface area contributed by atoms with E-state index in [2.05, 4.69) is 38.5 Å². The average Bonchev–Trinajstić information content (AvgIpc) is 2.79. The largest absolute Gasteiger partial charge is 0.495 e. The van der Waals surface area contributed by atoms with Crippen molar-refractivity contribution in [2.45, 2.75) is 18.9 Å². The molecule has 0 bridgehead atoms. The van der Waals surface area contributed by atoms with Crippen molar-refractivity contribution in [2.75, 3.05) is 12.4 Å². The number of nitrogens with zero attached hydrogens (tertiary/aromatic N) is 3. The Hall–Kier alpha value is -3.61. The predicted molar refractivity (Wildman–Crippen MR) is 105 cm³/mol. The molecule has 2 aromatic heterocycles. The molecular weight excluding hydrogens is 356 g/mol. The van der Waals surface area contributed by atoms with Gasteiger partial charge in [0.2, 0.25) is 0 Å². The maximum absolute atomic E-state index is 5.67. The minimum absolute atomic E-state index is 0.193. The van der Waals surface area contributed by atoms with Crippen LogP contribution in [0.3, 0.4) is 0 Å². The maximum atomic E-state index is 5.67. The molecule has 0 fully saturated rings. The van der Waals surface area contributed by atoms with E-state index in [4.69, 9.17) is 14.2 Å². The lowest BCUT2D eigenvalue weighted by atomic mass is 9.96. The summed E-state index contributed by atoms with van der Waals surface area (Å²) in [6.07, 6.45) is 17.9. The number of pyridine rings is 1. The van der Waals surface area contributed by atoms with Crippen molar-refractivity contribution in [1.29, 1.82) is 0 Å². The summed E-state index contributed by atoms with van der Waals surface area (Å²) in [4.78, 5) is 13.2. The number of hydrogen-bond donors (Lipinski definition) is 1. The van der Waals surface area contributed by atoms with Gasteiger partial charge in [-0.1, -0.05) is 18.2 Å². The van der Waals surface area contributed by atoms with Crippen LogP contribution in [-0.2, 0) is 9.47 Å². The molecule has 1 aliphatic carbocycles. The van der Waals surface area contributed by atoms with E-state index in [1.54, 1.807) is 32.0 Å². The Morgan fingerprint density at radius 2 is 2.21 bits per heavy atom. The molecule has 2 aliphatic rings. The standard InChI is InChI=1S/C21H20N4O3/c1-26-17-11-16(12-22-13-17)21-23-8-7-19(25-21)24-20(15-5-3-2-4-6-15)18-14-27-9-10-28-18/h2-3,5,7-14,20H,4,6H2,1H3,(H,23,24,25). The first-order chi connectivity index (χ1) is 13.8. The first kappa shape index (κ1) is 17.8. The fourth-order valence-corrected chi connectivity index (χ4v) is 3.00. The van der Waals surface area contributed by atoms with Gasteiger partial charge in [0.15, 0.2) is 11.6 Å². The number of aromatic nitrogens is 3. The van der Waals surface area contributed by atoms with Gasteiger partial charge in [-0.15, -0.1) is 0 Å². The zero-order chi connectivity index (χ0) is 19.2. The highest BCUT2D eigenvalue weighted by Crippen LogP contribution is 2.27. The second kappa shape index (κ2) is 8.39. The van der Waals surface area contributed by atoms with Crippen LogP contribution in [0.5, 0.6) is 5.75 Å². The second-order valence-corrected chi connectivity index (χ2v) is 6.21. The van der Waals surface area contributed by atoms with Gasteiger partial charge in [-0.05, 0) is 30.5 Å². The van der Waals surface area contributed by atoms with Crippen LogP contribution in [0.4, 0.5) is 5.82 Å². The van der Waals surface area contributed by atoms with Crippen LogP contribution in [0.25, 0.3) is 11.4 Å². The summed E-state index contributed by atoms with van der Waals surface area (Å²) < 4.78 is 16.2. The predicted octanol–water partition coefficient (Wildman–Crippen LogP) is 3.96. The van der Waals surface area contributed by atoms with Gasteiger partial charge >= 0.3 is 0 Å². The molecule has 142 valence electrons. The molecule has 0 spiro atoms. The summed E-state index contributed by atoms with van der Waals surface area (Å²) in [6.45, 7) is 0. The van der Waals surface area contributed by atoms with Crippen LogP contribution in [0.15, 0.2) is 79.1 Å². The second-order valence-electron chi connectivity index (χ2n) is 6.21. The normalized spacial score (nSPS) is 16.3. The summed E-state index contributed by atoms with van der Waals surface area (Å²) >= 11 is 0. The van der Waals surface area contributed by atoms with E-state index < -0.39 is 0 Å². The number of methoxy groups -OCH3 is 1. The molecule has 1 unspecified atom stereocenters. The Balaban J connectivity index is 1.62. The SMILES string of the molecule is COc1cncc(-c2nccc(NC(C3=CC=CCC3)C3=COC=CO3)n2)c1. The smallest absolute Gasteiger partial charge is 0.165 e. The molecule has 28 heavy (non-hydrogen) atoms. The van der Waals surface area contributed by atoms with Crippen molar-refractivity contribution in [1.82, 2.24) is 15.0 Å². The zero-order valence-electron chi connectivity index (χ0n) is 15.4. The van der Waals surface area contributed by atoms with E-state index in [-0.39, 0.29) is 6.04 Å². The fourth-order valence-electron chi connectivity index (χ4n) is 3.00. The van der Waals surface area contributed by atoms with Crippen LogP contribution in [0.2, 0.25) is 0 Å². The molecule has 4 rings (SSSR count). The Morgan fingerprint density at radius 3 is 3.00 bits per heavy atom. The van der Waals surface area contributed by atoms with Crippen molar-refractivity contribution in [2.24, 2.45) is 0 Å². The van der Waals surface area contributed by atoms with Crippen LogP contribution >= 0.6 is 0 Å². The average molecular weight is 376 g/mol. The van der Waals surface area contributed by atoms with E-state index in [0.717, 1.165) is 18.4 Å². The molecule has 2 aromatic rings. The molecular formula is C21H20N4O3. The summed E-state index contributed by atoms with van der Waals surface area (Å²) in [5.41, 5.74) is 1.97. The molecule has 1 aliphatic heterocycles. The summed E-state index contributed by atoms with van der Waals surface area (Å²) in [5.74, 6) is 2.56. The lowest BCUT2D eigenvalue weighted by molar-refractivity contribution is 0.245. The molecule has 7 nitrogen and oxygen atoms in total. The quantitative estimate of drug-likeness (QED) is 0.817. The minimum Gasteiger partial charge on any atom is -0.495 e. The van der Waals surface area contributed by atoms with Crippen LogP contribution in [0.1, 0.15) is 12.8 Å². The van der Waals surface area contributed by atoms with Gasteiger partial charge in [-0.3, -0.25) is 4.98 Å². The van der Waals surface area contributed by atoms with Gasteiger partial charge in [0.25, 0.3) is 0 Å². The number of allylic oxidation sites excluding steroid dienone is 3. The molecule has 7 heteroatoms. The van der Waals surface area contributed by atoms with Gasteiger partial charge in [-0.2, -0.15) is 0 Å². The van der Waals surface area contributed by atoms with Crippen LogP contribution < -0.4 is 10.1 Å². The van der Waals surface area contributed by atoms with E-state index in [1.165, 1.54) is 18.1 Å². The monoisotopic (exact) mass is 376 g/mol. The van der Waals surface area contributed by atoms with Gasteiger partial charge in [0.05, 0.1) is 13.3 Å². The molecule has 0 aromatic carbocycles. The van der Waals surface area contributed by atoms with Gasteiger partial charge in [0, 0.05) is 18.0 Å². The molecule has 1 N–H and O–H groups in total. The third-order valence-electron chi connectivity index (χ3n) is 4.38. The number of ether oxygens (including phenoxy) is 3. The molecule has 1 atom stereocenters. The van der Waals surface area contributed by atoms with Gasteiger partial charge < -0.3 is 19.5 Å². The van der Waals surface area contributed by atoms with E-state index in [9.17, 15) is 0 Å². The Morgan fingerprint density at radius 1 is 1.25 bits per heavy atom. The minimum atomic E-state index is -0.193. The van der Waals surface area contributed by atoms with Crippen molar-refractivity contribution in [3.8, 4) is 17.1 Å². The first-order valence-corrected chi connectivity index (χ1v) is 8.95. The van der Waals surface area contributed by atoms with Gasteiger partial charge in [0.1, 0.15) is 36.4 Å². The zero-order valence-corrected chi connectivity index (χ0v) is 15.4. The number of anilines is 1. The third kappa shape index (κ3) is 4.03. The molecule has 3 heterocycles. The highest BCUT2D eigenvalue weighted by molar-refractivity contribution is 5.58. The molecule has 0 radical (unpaired) electrons. The van der Waals surface area contributed by atoms with Crippen molar-refractivity contribution >= 4 is 5.82 Å². The highest BCUT2D eigenvalue weighted by atomic mass is 16.5. The van der Waals surface area contributed by atoms with Crippen LogP contribution in [-0.4, -0.2) is 28.1 Å². The maximum Gasteiger partial charge on any atom is 0.165 e. The molecule has 0 saturated carbocycles. The Bertz CT molecular complexity index is 966. The van der Waals surface area contributed by atoms with E-state index >= 15 is 0 Å². The lowest BCUT2D eigenvalue weighted by Crippen LogP contribution is -2.27. The van der Waals surface area contributed by atoms with Gasteiger partial charge in [-0.25, -0.2) is 9.97 Å². The topological polar surface area (TPSA) is 78.4 Å². The fraction of sp³-hybridized carbons (Fsp3) is 0.190. The number of nitrogens with one attached hydrogen (secondary N) is 1. The molecule has 0 saturated heterocycles. The molecule has 0 amide bonds. The third-order valence-corrected chi connectivity index (χ3v) is 4.38. The van der Waals surface area contributed by atoms with Crippen molar-refractivity contribution in [3.63, 3.8) is 0 Å². The Kier molecular flexibility index (Phi) is 5.33. The van der Waals surface area contributed by atoms with E-state index in [1.807, 2.05) is 12.1 Å². The van der Waals surface area contributed by atoms with Crippen molar-refractivity contribution < 1.29 is 14.2 Å². The summed E-state index contributed by atoms with van der Waals surface area (Å²) in [7, 11) is 1.60. The Labute approximate surface area is 163 Å².